The van der Waals surface area contributed by atoms with Crippen LogP contribution in [0.25, 0.3) is 22.1 Å². The van der Waals surface area contributed by atoms with Gasteiger partial charge in [-0.05, 0) is 48.5 Å². The van der Waals surface area contributed by atoms with Crippen LogP contribution in [0.5, 0.6) is 11.5 Å². The van der Waals surface area contributed by atoms with Crippen molar-refractivity contribution in [2.45, 2.75) is 13.1 Å². The molecule has 0 spiro atoms. The van der Waals surface area contributed by atoms with Gasteiger partial charge in [0.1, 0.15) is 11.5 Å². The molecule has 4 aromatic heterocycles. The molecule has 0 unspecified atom stereocenters. The number of anilines is 2. The van der Waals surface area contributed by atoms with Crippen molar-refractivity contribution < 1.29 is 14.3 Å². The summed E-state index contributed by atoms with van der Waals surface area (Å²) in [6.07, 6.45) is 3.29. The van der Waals surface area contributed by atoms with Crippen LogP contribution in [-0.4, -0.2) is 42.0 Å². The monoisotopic (exact) mass is 548 g/mol. The van der Waals surface area contributed by atoms with Gasteiger partial charge in [0.15, 0.2) is 0 Å². The molecule has 13 heteroatoms. The number of fused-ring (bicyclic) bond motifs is 2. The molecule has 0 aliphatic heterocycles. The van der Waals surface area contributed by atoms with Gasteiger partial charge in [0.25, 0.3) is 0 Å². The number of aromatic amines is 2. The van der Waals surface area contributed by atoms with Crippen molar-refractivity contribution in [3.8, 4) is 11.5 Å². The zero-order valence-corrected chi connectivity index (χ0v) is 21.6. The first-order valence-corrected chi connectivity index (χ1v) is 12.5. The maximum Gasteiger partial charge on any atom is 0.321 e. The zero-order valence-electron chi connectivity index (χ0n) is 21.6. The Balaban J connectivity index is 1.22. The maximum absolute atomic E-state index is 12.2. The van der Waals surface area contributed by atoms with Crippen LogP contribution in [0, 0.1) is 0 Å². The molecule has 0 fully saturated rings. The number of nitrogens with one attached hydrogen (secondary N) is 2. The highest BCUT2D eigenvalue weighted by Crippen LogP contribution is 2.29. The van der Waals surface area contributed by atoms with Gasteiger partial charge in [-0.1, -0.05) is 12.1 Å². The molecule has 4 amide bonds. The number of ether oxygens (including phenoxy) is 1. The number of amides is 4. The van der Waals surface area contributed by atoms with Crippen molar-refractivity contribution in [3.05, 3.63) is 96.6 Å². The fourth-order valence-electron chi connectivity index (χ4n) is 4.29. The Morgan fingerprint density at radius 1 is 0.683 bits per heavy atom. The highest BCUT2D eigenvalue weighted by molar-refractivity contribution is 5.92. The molecule has 0 bridgehead atoms. The molecular formula is C28H24N10O3. The summed E-state index contributed by atoms with van der Waals surface area (Å²) in [5.74, 6) is 1.67. The lowest BCUT2D eigenvalue weighted by atomic mass is 10.3. The average Bonchev–Trinajstić information content (AvgIpc) is 3.59. The van der Waals surface area contributed by atoms with Gasteiger partial charge in [0.2, 0.25) is 11.9 Å². The van der Waals surface area contributed by atoms with Crippen LogP contribution in [0.15, 0.2) is 85.2 Å². The number of H-pyrrole nitrogens is 2. The normalized spacial score (nSPS) is 11.0. The number of rotatable bonds is 8. The third-order valence-electron chi connectivity index (χ3n) is 6.25. The van der Waals surface area contributed by atoms with Gasteiger partial charge in [-0.3, -0.25) is 19.8 Å². The third kappa shape index (κ3) is 5.45. The lowest BCUT2D eigenvalue weighted by Crippen LogP contribution is -2.36. The van der Waals surface area contributed by atoms with E-state index in [2.05, 4.69) is 29.9 Å². The number of carbonyl (C=O) groups excluding carboxylic acids is 2. The molecule has 0 aliphatic carbocycles. The first-order chi connectivity index (χ1) is 19.9. The molecule has 204 valence electrons. The van der Waals surface area contributed by atoms with Crippen LogP contribution < -0.4 is 26.0 Å². The lowest BCUT2D eigenvalue weighted by Gasteiger charge is -2.16. The van der Waals surface area contributed by atoms with Gasteiger partial charge in [0, 0.05) is 24.5 Å². The number of benzene rings is 2. The number of hydrogen-bond acceptors (Lipinski definition) is 7. The molecule has 0 saturated carbocycles. The SMILES string of the molecule is NC(=O)N(Cc1ccccn1)c1nc2ccc(Oc3ccc4nc(N(Cc5ccccn5)C(N)=O)[nH]c4c3)cc2[nH]1. The standard InChI is InChI=1S/C28H24N10O3/c29-25(39)37(15-17-5-1-3-11-31-17)27-33-21-9-7-19(13-23(21)35-27)41-20-8-10-22-24(14-20)36-28(34-22)38(26(30)40)16-18-6-2-4-12-32-18/h1-14H,15-16H2,(H2,29,39)(H2,30,40)(H,33,35)(H,34,36). The molecule has 4 heterocycles. The number of pyridine rings is 2. The summed E-state index contributed by atoms with van der Waals surface area (Å²) in [6, 6.07) is 20.2. The number of nitrogens with two attached hydrogens (primary N) is 2. The van der Waals surface area contributed by atoms with E-state index in [1.807, 2.05) is 12.1 Å². The van der Waals surface area contributed by atoms with Crippen molar-refractivity contribution in [1.82, 2.24) is 29.9 Å². The van der Waals surface area contributed by atoms with E-state index in [9.17, 15) is 9.59 Å². The highest BCUT2D eigenvalue weighted by atomic mass is 16.5. The third-order valence-corrected chi connectivity index (χ3v) is 6.25. The van der Waals surface area contributed by atoms with Crippen LogP contribution in [0.4, 0.5) is 21.5 Å². The van der Waals surface area contributed by atoms with Crippen molar-refractivity contribution in [2.24, 2.45) is 11.5 Å². The van der Waals surface area contributed by atoms with Crippen molar-refractivity contribution in [1.29, 1.82) is 0 Å². The van der Waals surface area contributed by atoms with Crippen LogP contribution >= 0.6 is 0 Å². The second-order valence-corrected chi connectivity index (χ2v) is 9.07. The number of primary amides is 2. The van der Waals surface area contributed by atoms with E-state index in [0.29, 0.717) is 56.9 Å². The smallest absolute Gasteiger partial charge is 0.321 e. The molecule has 0 aliphatic rings. The summed E-state index contributed by atoms with van der Waals surface area (Å²) >= 11 is 0. The molecule has 0 atom stereocenters. The fraction of sp³-hybridized carbons (Fsp3) is 0.0714. The van der Waals surface area contributed by atoms with Crippen LogP contribution in [-0.2, 0) is 13.1 Å². The summed E-state index contributed by atoms with van der Waals surface area (Å²) in [6.45, 7) is 0.334. The highest BCUT2D eigenvalue weighted by Gasteiger charge is 2.19. The largest absolute Gasteiger partial charge is 0.457 e. The van der Waals surface area contributed by atoms with Crippen molar-refractivity contribution in [2.75, 3.05) is 9.80 Å². The minimum atomic E-state index is -0.659. The predicted octanol–water partition coefficient (Wildman–Crippen LogP) is 4.19. The van der Waals surface area contributed by atoms with Crippen molar-refractivity contribution in [3.63, 3.8) is 0 Å². The average molecular weight is 549 g/mol. The predicted molar refractivity (Wildman–Crippen MR) is 152 cm³/mol. The molecule has 6 aromatic rings. The Morgan fingerprint density at radius 3 is 1.54 bits per heavy atom. The number of aromatic nitrogens is 6. The Morgan fingerprint density at radius 2 is 1.15 bits per heavy atom. The summed E-state index contributed by atoms with van der Waals surface area (Å²) in [5.41, 5.74) is 15.2. The minimum absolute atomic E-state index is 0.167. The van der Waals surface area contributed by atoms with Crippen LogP contribution in [0.3, 0.4) is 0 Å². The van der Waals surface area contributed by atoms with Crippen LogP contribution in [0.2, 0.25) is 0 Å². The van der Waals surface area contributed by atoms with E-state index in [-0.39, 0.29) is 13.1 Å². The van der Waals surface area contributed by atoms with Gasteiger partial charge < -0.3 is 26.2 Å². The van der Waals surface area contributed by atoms with Gasteiger partial charge in [-0.15, -0.1) is 0 Å². The van der Waals surface area contributed by atoms with Gasteiger partial charge >= 0.3 is 12.1 Å². The van der Waals surface area contributed by atoms with E-state index in [1.165, 1.54) is 9.80 Å². The summed E-state index contributed by atoms with van der Waals surface area (Å²) in [4.78, 5) is 50.8. The molecule has 0 radical (unpaired) electrons. The number of hydrogen-bond donors (Lipinski definition) is 4. The minimum Gasteiger partial charge on any atom is -0.457 e. The quantitative estimate of drug-likeness (QED) is 0.219. The Bertz CT molecular complexity index is 1720. The van der Waals surface area contributed by atoms with E-state index < -0.39 is 12.1 Å². The molecule has 41 heavy (non-hydrogen) atoms. The van der Waals surface area contributed by atoms with E-state index in [4.69, 9.17) is 16.2 Å². The maximum atomic E-state index is 12.2. The number of nitrogens with zero attached hydrogens (tertiary/aromatic N) is 6. The fourth-order valence-corrected chi connectivity index (χ4v) is 4.29. The second kappa shape index (κ2) is 10.6. The molecule has 0 saturated heterocycles. The first-order valence-electron chi connectivity index (χ1n) is 12.5. The van der Waals surface area contributed by atoms with Crippen molar-refractivity contribution >= 4 is 46.0 Å². The molecule has 13 nitrogen and oxygen atoms in total. The summed E-state index contributed by atoms with van der Waals surface area (Å²) in [7, 11) is 0. The van der Waals surface area contributed by atoms with E-state index in [0.717, 1.165) is 0 Å². The van der Waals surface area contributed by atoms with E-state index >= 15 is 0 Å². The van der Waals surface area contributed by atoms with Gasteiger partial charge in [-0.2, -0.15) is 0 Å². The topological polar surface area (TPSA) is 185 Å². The molecular weight excluding hydrogens is 524 g/mol. The Labute approximate surface area is 232 Å². The number of carbonyl (C=O) groups is 2. The molecule has 6 rings (SSSR count). The first kappa shape index (κ1) is 25.3. The number of imidazole rings is 2. The lowest BCUT2D eigenvalue weighted by molar-refractivity contribution is 0.252. The van der Waals surface area contributed by atoms with Gasteiger partial charge in [-0.25, -0.2) is 19.6 Å². The number of urea groups is 2. The van der Waals surface area contributed by atoms with Gasteiger partial charge in [0.05, 0.1) is 46.5 Å². The Kier molecular flexibility index (Phi) is 6.57. The Hall–Kier alpha value is -5.98. The molecule has 2 aromatic carbocycles. The molecule has 6 N–H and O–H groups in total. The second-order valence-electron chi connectivity index (χ2n) is 9.07. The zero-order chi connectivity index (χ0) is 28.3. The summed E-state index contributed by atoms with van der Waals surface area (Å²) in [5, 5.41) is 0. The summed E-state index contributed by atoms with van der Waals surface area (Å²) < 4.78 is 6.09. The van der Waals surface area contributed by atoms with E-state index in [1.54, 1.807) is 73.1 Å². The van der Waals surface area contributed by atoms with Crippen LogP contribution in [0.1, 0.15) is 11.4 Å².